The van der Waals surface area contributed by atoms with Gasteiger partial charge in [-0.05, 0) is 0 Å². The van der Waals surface area contributed by atoms with Crippen molar-refractivity contribution in [2.45, 2.75) is 25.7 Å². The van der Waals surface area contributed by atoms with Crippen molar-refractivity contribution in [1.29, 1.82) is 0 Å². The summed E-state index contributed by atoms with van der Waals surface area (Å²) in [5.41, 5.74) is 0. The quantitative estimate of drug-likeness (QED) is 0.612. The molecule has 0 saturated heterocycles. The summed E-state index contributed by atoms with van der Waals surface area (Å²) in [6, 6.07) is 0. The fraction of sp³-hybridized carbons (Fsp3) is 0.909. The summed E-state index contributed by atoms with van der Waals surface area (Å²) >= 11 is 0. The molecule has 0 unspecified atom stereocenters. The Labute approximate surface area is 116 Å². The third-order valence-electron chi connectivity index (χ3n) is 1.07. The summed E-state index contributed by atoms with van der Waals surface area (Å²) in [4.78, 5) is 0. The average Bonchev–Trinajstić information content (AvgIpc) is 2.63. The fourth-order valence-corrected chi connectivity index (χ4v) is 0.722. The van der Waals surface area contributed by atoms with E-state index < -0.39 is 0 Å². The van der Waals surface area contributed by atoms with E-state index in [0.717, 1.165) is 0 Å². The van der Waals surface area contributed by atoms with Crippen LogP contribution in [0.1, 0.15) is 25.7 Å². The molecule has 0 bridgehead atoms. The van der Waals surface area contributed by atoms with Gasteiger partial charge in [-0.3, -0.25) is 0 Å². The minimum atomic E-state index is 0. The topological polar surface area (TPSA) is 42.3 Å². The van der Waals surface area contributed by atoms with Crippen molar-refractivity contribution in [2.75, 3.05) is 42.3 Å². The number of hydrogen-bond acceptors (Lipinski definition) is 0. The van der Waals surface area contributed by atoms with Crippen molar-refractivity contribution in [3.8, 4) is 0 Å². The zero-order valence-electron chi connectivity index (χ0n) is 11.2. The molecule has 1 fully saturated rings. The summed E-state index contributed by atoms with van der Waals surface area (Å²) in [5.74, 6) is 0. The van der Waals surface area contributed by atoms with Crippen molar-refractivity contribution in [1.82, 2.24) is 0 Å². The largest absolute Gasteiger partial charge is 4.00 e. The van der Waals surface area contributed by atoms with Crippen LogP contribution in [0.4, 0.5) is 0 Å². The van der Waals surface area contributed by atoms with Gasteiger partial charge in [0.1, 0.15) is 0 Å². The predicted molar refractivity (Wildman–Crippen MR) is 68.4 cm³/mol. The molecule has 0 aromatic rings. The minimum absolute atomic E-state index is 0. The molecule has 15 heavy (non-hydrogen) atoms. The molecule has 3 nitrogen and oxygen atoms in total. The molecule has 1 rings (SSSR count). The Bertz CT molecular complexity index is 47.4. The van der Waals surface area contributed by atoms with E-state index in [2.05, 4.69) is 22.4 Å². The summed E-state index contributed by atoms with van der Waals surface area (Å²) in [6.07, 6.45) is 8.00. The molecule has 1 aliphatic rings. The second kappa shape index (κ2) is 36.4. The van der Waals surface area contributed by atoms with Crippen LogP contribution in [-0.2, 0) is 26.2 Å². The first-order valence-electron chi connectivity index (χ1n) is 5.00. The maximum absolute atomic E-state index is 3.50. The van der Waals surface area contributed by atoms with E-state index in [0.29, 0.717) is 0 Å². The van der Waals surface area contributed by atoms with E-state index in [-0.39, 0.29) is 26.2 Å². The van der Waals surface area contributed by atoms with E-state index in [9.17, 15) is 0 Å². The van der Waals surface area contributed by atoms with Crippen molar-refractivity contribution >= 4 is 0 Å². The molecule has 0 atom stereocenters. The summed E-state index contributed by atoms with van der Waals surface area (Å²) in [7, 11) is 10.5. The Kier molecular flexibility index (Phi) is 60.3. The summed E-state index contributed by atoms with van der Waals surface area (Å²) in [6.45, 7) is 0. The first-order valence-corrected chi connectivity index (χ1v) is 5.00. The van der Waals surface area contributed by atoms with Crippen LogP contribution in [-0.4, -0.2) is 42.3 Å². The summed E-state index contributed by atoms with van der Waals surface area (Å²) < 4.78 is 0. The molecule has 0 spiro atoms. The normalized spacial score (nSPS) is 11.6. The predicted octanol–water partition coefficient (Wildman–Crippen LogP) is 3.62. The van der Waals surface area contributed by atoms with E-state index in [1.165, 1.54) is 25.7 Å². The van der Waals surface area contributed by atoms with Gasteiger partial charge in [-0.25, -0.2) is 0 Å². The Morgan fingerprint density at radius 3 is 0.933 bits per heavy atom. The molecular formula is C11H27N3Zr. The van der Waals surface area contributed by atoms with Crippen LogP contribution >= 0.6 is 0 Å². The third-order valence-corrected chi connectivity index (χ3v) is 1.07. The van der Waals surface area contributed by atoms with Crippen molar-refractivity contribution in [3.63, 3.8) is 0 Å². The van der Waals surface area contributed by atoms with Crippen LogP contribution in [0.3, 0.4) is 0 Å². The van der Waals surface area contributed by atoms with Gasteiger partial charge in [-0.2, -0.15) is 55.1 Å². The molecule has 0 heterocycles. The van der Waals surface area contributed by atoms with E-state index >= 15 is 0 Å². The molecule has 0 amide bonds. The van der Waals surface area contributed by atoms with Gasteiger partial charge in [-0.15, -0.1) is 0 Å². The van der Waals surface area contributed by atoms with Gasteiger partial charge in [0.05, 0.1) is 0 Å². The van der Waals surface area contributed by atoms with Gasteiger partial charge in [0.2, 0.25) is 0 Å². The van der Waals surface area contributed by atoms with Crippen LogP contribution in [0, 0.1) is 6.42 Å². The van der Waals surface area contributed by atoms with Crippen molar-refractivity contribution in [2.24, 2.45) is 0 Å². The fourth-order valence-electron chi connectivity index (χ4n) is 0.722. The number of rotatable bonds is 0. The molecule has 0 aromatic carbocycles. The molecule has 4 heteroatoms. The van der Waals surface area contributed by atoms with Crippen molar-refractivity contribution in [3.05, 3.63) is 22.4 Å². The maximum atomic E-state index is 3.50. The molecule has 0 N–H and O–H groups in total. The van der Waals surface area contributed by atoms with E-state index in [1.54, 1.807) is 42.3 Å². The molecule has 0 aliphatic heterocycles. The van der Waals surface area contributed by atoms with E-state index in [4.69, 9.17) is 0 Å². The second-order valence-corrected chi connectivity index (χ2v) is 2.91. The Balaban J connectivity index is -0.0000000550. The van der Waals surface area contributed by atoms with Gasteiger partial charge in [-0.1, -0.05) is 12.8 Å². The van der Waals surface area contributed by atoms with Crippen LogP contribution in [0.15, 0.2) is 0 Å². The summed E-state index contributed by atoms with van der Waals surface area (Å²) in [5, 5.41) is 10.5. The second-order valence-electron chi connectivity index (χ2n) is 2.91. The van der Waals surface area contributed by atoms with Gasteiger partial charge in [0.25, 0.3) is 0 Å². The monoisotopic (exact) mass is 291 g/mol. The number of hydrogen-bond donors (Lipinski definition) is 0. The molecule has 0 radical (unpaired) electrons. The molecule has 1 saturated carbocycles. The SMILES string of the molecule is C[N-]C.C[N-]C.C[N-]C.[CH-]1CCCC1.[Zr+4]. The van der Waals surface area contributed by atoms with Gasteiger partial charge in [0, 0.05) is 0 Å². The Morgan fingerprint density at radius 1 is 0.667 bits per heavy atom. The van der Waals surface area contributed by atoms with Crippen molar-refractivity contribution < 1.29 is 26.2 Å². The molecule has 0 aromatic heterocycles. The zero-order chi connectivity index (χ0) is 11.7. The Morgan fingerprint density at radius 2 is 0.867 bits per heavy atom. The molecule has 1 aliphatic carbocycles. The van der Waals surface area contributed by atoms with Gasteiger partial charge in [0.15, 0.2) is 0 Å². The third kappa shape index (κ3) is 72.4. The van der Waals surface area contributed by atoms with E-state index in [1.807, 2.05) is 0 Å². The van der Waals surface area contributed by atoms with Gasteiger partial charge >= 0.3 is 26.2 Å². The first kappa shape index (κ1) is 24.8. The van der Waals surface area contributed by atoms with Crippen LogP contribution in [0.2, 0.25) is 0 Å². The van der Waals surface area contributed by atoms with Crippen LogP contribution in [0.25, 0.3) is 16.0 Å². The molecular weight excluding hydrogens is 265 g/mol. The van der Waals surface area contributed by atoms with Crippen LogP contribution in [0.5, 0.6) is 0 Å². The van der Waals surface area contributed by atoms with Gasteiger partial charge < -0.3 is 22.4 Å². The molecule has 90 valence electrons. The Hall–Kier alpha value is 0.763. The minimum Gasteiger partial charge on any atom is -0.668 e. The maximum Gasteiger partial charge on any atom is 4.00 e. The smallest absolute Gasteiger partial charge is 0.668 e. The number of nitrogens with zero attached hydrogens (tertiary/aromatic N) is 3. The standard InChI is InChI=1S/C5H9.3C2H6N.Zr/c1-2-4-5-3-1;3*1-3-2;/h1H,2-5H2;3*1-2H3;/q4*-1;+4. The first-order chi connectivity index (χ1) is 6.74. The average molecular weight is 293 g/mol. The van der Waals surface area contributed by atoms with Crippen LogP contribution < -0.4 is 0 Å². The zero-order valence-corrected chi connectivity index (χ0v) is 13.7.